The molecular formula is C52H35NO. The van der Waals surface area contributed by atoms with Gasteiger partial charge >= 0.3 is 0 Å². The zero-order valence-electron chi connectivity index (χ0n) is 29.6. The van der Waals surface area contributed by atoms with E-state index in [1.54, 1.807) is 6.26 Å². The monoisotopic (exact) mass is 689 g/mol. The fourth-order valence-corrected chi connectivity index (χ4v) is 7.58. The lowest BCUT2D eigenvalue weighted by atomic mass is 9.98. The summed E-state index contributed by atoms with van der Waals surface area (Å²) in [5.41, 5.74) is 13.7. The van der Waals surface area contributed by atoms with E-state index in [0.717, 1.165) is 39.2 Å². The number of rotatable bonds is 7. The number of fused-ring (bicyclic) bond motifs is 3. The molecule has 0 unspecified atom stereocenters. The number of furan rings is 1. The summed E-state index contributed by atoms with van der Waals surface area (Å²) in [6, 6.07) is 74.3. The Balaban J connectivity index is 0.975. The SMILES string of the molecule is c1ccc2cc(-c3ccc(-c4ccc(N(c5ccc(-c6ccc7ccccc7c6)cc5)c5ccc(-c6ccc7ccoc7c6)cc5)cc4)cc3)ccc2c1. The highest BCUT2D eigenvalue weighted by Gasteiger charge is 2.14. The van der Waals surface area contributed by atoms with Crippen molar-refractivity contribution in [1.29, 1.82) is 0 Å². The molecule has 10 rings (SSSR count). The van der Waals surface area contributed by atoms with Gasteiger partial charge in [0.25, 0.3) is 0 Å². The number of nitrogens with zero attached hydrogens (tertiary/aromatic N) is 1. The Morgan fingerprint density at radius 1 is 0.259 bits per heavy atom. The second kappa shape index (κ2) is 13.4. The average molecular weight is 690 g/mol. The quantitative estimate of drug-likeness (QED) is 0.166. The summed E-state index contributed by atoms with van der Waals surface area (Å²) in [5.74, 6) is 0. The molecule has 0 saturated carbocycles. The Kier molecular flexibility index (Phi) is 7.85. The summed E-state index contributed by atoms with van der Waals surface area (Å²) in [7, 11) is 0. The molecule has 1 heterocycles. The Morgan fingerprint density at radius 3 is 1.04 bits per heavy atom. The first kappa shape index (κ1) is 31.6. The lowest BCUT2D eigenvalue weighted by molar-refractivity contribution is 0.616. The van der Waals surface area contributed by atoms with Gasteiger partial charge in [-0.3, -0.25) is 0 Å². The fourth-order valence-electron chi connectivity index (χ4n) is 7.58. The van der Waals surface area contributed by atoms with E-state index in [4.69, 9.17) is 4.42 Å². The van der Waals surface area contributed by atoms with Crippen molar-refractivity contribution in [2.45, 2.75) is 0 Å². The summed E-state index contributed by atoms with van der Waals surface area (Å²) in [6.45, 7) is 0. The summed E-state index contributed by atoms with van der Waals surface area (Å²) in [6.07, 6.45) is 1.74. The van der Waals surface area contributed by atoms with Crippen LogP contribution in [0.25, 0.3) is 77.0 Å². The average Bonchev–Trinajstić information content (AvgIpc) is 3.73. The first-order valence-electron chi connectivity index (χ1n) is 18.4. The molecule has 10 aromatic rings. The summed E-state index contributed by atoms with van der Waals surface area (Å²) < 4.78 is 5.69. The second-order valence-corrected chi connectivity index (χ2v) is 13.9. The van der Waals surface area contributed by atoms with Crippen LogP contribution in [0.5, 0.6) is 0 Å². The maximum Gasteiger partial charge on any atom is 0.134 e. The molecule has 0 amide bonds. The zero-order chi connectivity index (χ0) is 35.8. The van der Waals surface area contributed by atoms with Gasteiger partial charge in [0, 0.05) is 22.4 Å². The second-order valence-electron chi connectivity index (χ2n) is 13.9. The van der Waals surface area contributed by atoms with Gasteiger partial charge in [-0.1, -0.05) is 146 Å². The minimum absolute atomic E-state index is 0.896. The Labute approximate surface area is 314 Å². The Hall–Kier alpha value is -7.16. The van der Waals surface area contributed by atoms with Crippen LogP contribution < -0.4 is 4.90 Å². The minimum atomic E-state index is 0.896. The van der Waals surface area contributed by atoms with Crippen molar-refractivity contribution in [2.24, 2.45) is 0 Å². The van der Waals surface area contributed by atoms with Crippen LogP contribution in [0, 0.1) is 0 Å². The van der Waals surface area contributed by atoms with Crippen LogP contribution in [0.4, 0.5) is 17.1 Å². The van der Waals surface area contributed by atoms with Crippen molar-refractivity contribution >= 4 is 49.6 Å². The van der Waals surface area contributed by atoms with Gasteiger partial charge in [-0.2, -0.15) is 0 Å². The third-order valence-corrected chi connectivity index (χ3v) is 10.5. The highest BCUT2D eigenvalue weighted by Crippen LogP contribution is 2.38. The van der Waals surface area contributed by atoms with Gasteiger partial charge in [-0.05, 0) is 127 Å². The molecule has 2 nitrogen and oxygen atoms in total. The van der Waals surface area contributed by atoms with Crippen LogP contribution in [-0.4, -0.2) is 0 Å². The smallest absolute Gasteiger partial charge is 0.134 e. The van der Waals surface area contributed by atoms with Crippen molar-refractivity contribution in [3.8, 4) is 44.5 Å². The standard InChI is InChI=1S/C52H35NO/c1-3-7-44-33-46(16-13-36(44)5-1)40-11-9-38(10-12-40)39-19-25-49(26-20-39)53(51-29-23-42(24-30-51)48-18-15-43-31-32-54-52(43)35-48)50-27-21-41(22-28-50)47-17-14-37-6-2-4-8-45(37)34-47/h1-35H. The van der Waals surface area contributed by atoms with E-state index in [-0.39, 0.29) is 0 Å². The number of benzene rings is 9. The molecular weight excluding hydrogens is 655 g/mol. The van der Waals surface area contributed by atoms with Gasteiger partial charge in [0.05, 0.1) is 6.26 Å². The Morgan fingerprint density at radius 2 is 0.593 bits per heavy atom. The van der Waals surface area contributed by atoms with E-state index in [0.29, 0.717) is 0 Å². The molecule has 0 saturated heterocycles. The Bertz CT molecular complexity index is 2900. The molecule has 2 heteroatoms. The topological polar surface area (TPSA) is 16.4 Å². The molecule has 0 atom stereocenters. The van der Waals surface area contributed by atoms with Gasteiger partial charge < -0.3 is 9.32 Å². The molecule has 0 aliphatic carbocycles. The van der Waals surface area contributed by atoms with Crippen LogP contribution in [0.1, 0.15) is 0 Å². The normalized spacial score (nSPS) is 11.3. The lowest BCUT2D eigenvalue weighted by Gasteiger charge is -2.26. The van der Waals surface area contributed by atoms with Crippen molar-refractivity contribution in [3.05, 3.63) is 213 Å². The lowest BCUT2D eigenvalue weighted by Crippen LogP contribution is -2.09. The zero-order valence-corrected chi connectivity index (χ0v) is 29.6. The van der Waals surface area contributed by atoms with E-state index in [1.807, 2.05) is 6.07 Å². The maximum absolute atomic E-state index is 5.69. The molecule has 254 valence electrons. The largest absolute Gasteiger partial charge is 0.464 e. The highest BCUT2D eigenvalue weighted by molar-refractivity contribution is 5.90. The molecule has 0 N–H and O–H groups in total. The van der Waals surface area contributed by atoms with E-state index >= 15 is 0 Å². The molecule has 54 heavy (non-hydrogen) atoms. The van der Waals surface area contributed by atoms with Gasteiger partial charge in [-0.15, -0.1) is 0 Å². The van der Waals surface area contributed by atoms with E-state index in [2.05, 4.69) is 205 Å². The van der Waals surface area contributed by atoms with Gasteiger partial charge in [0.15, 0.2) is 0 Å². The van der Waals surface area contributed by atoms with Crippen LogP contribution in [0.2, 0.25) is 0 Å². The number of hydrogen-bond donors (Lipinski definition) is 0. The van der Waals surface area contributed by atoms with Crippen molar-refractivity contribution in [1.82, 2.24) is 0 Å². The van der Waals surface area contributed by atoms with Gasteiger partial charge in [-0.25, -0.2) is 0 Å². The third-order valence-electron chi connectivity index (χ3n) is 10.5. The molecule has 0 fully saturated rings. The summed E-state index contributed by atoms with van der Waals surface area (Å²) in [5, 5.41) is 6.12. The van der Waals surface area contributed by atoms with Crippen LogP contribution >= 0.6 is 0 Å². The molecule has 0 radical (unpaired) electrons. The molecule has 0 bridgehead atoms. The predicted octanol–water partition coefficient (Wildman–Crippen LogP) is 14.9. The van der Waals surface area contributed by atoms with Crippen molar-refractivity contribution in [2.75, 3.05) is 4.90 Å². The van der Waals surface area contributed by atoms with Gasteiger partial charge in [0.2, 0.25) is 0 Å². The van der Waals surface area contributed by atoms with E-state index in [9.17, 15) is 0 Å². The van der Waals surface area contributed by atoms with Gasteiger partial charge in [0.1, 0.15) is 5.58 Å². The fraction of sp³-hybridized carbons (Fsp3) is 0. The molecule has 0 aliphatic heterocycles. The first-order chi connectivity index (χ1) is 26.7. The highest BCUT2D eigenvalue weighted by atomic mass is 16.3. The number of anilines is 3. The first-order valence-corrected chi connectivity index (χ1v) is 18.4. The molecule has 9 aromatic carbocycles. The van der Waals surface area contributed by atoms with E-state index in [1.165, 1.54) is 54.9 Å². The summed E-state index contributed by atoms with van der Waals surface area (Å²) >= 11 is 0. The molecule has 0 spiro atoms. The predicted molar refractivity (Wildman–Crippen MR) is 228 cm³/mol. The minimum Gasteiger partial charge on any atom is -0.464 e. The molecule has 1 aromatic heterocycles. The van der Waals surface area contributed by atoms with Crippen LogP contribution in [-0.2, 0) is 0 Å². The third kappa shape index (κ3) is 6.00. The van der Waals surface area contributed by atoms with Crippen LogP contribution in [0.3, 0.4) is 0 Å². The van der Waals surface area contributed by atoms with E-state index < -0.39 is 0 Å². The number of hydrogen-bond acceptors (Lipinski definition) is 2. The molecule has 0 aliphatic rings. The van der Waals surface area contributed by atoms with Crippen molar-refractivity contribution < 1.29 is 4.42 Å². The van der Waals surface area contributed by atoms with Crippen LogP contribution in [0.15, 0.2) is 217 Å². The van der Waals surface area contributed by atoms with Crippen molar-refractivity contribution in [3.63, 3.8) is 0 Å². The maximum atomic E-state index is 5.69. The summed E-state index contributed by atoms with van der Waals surface area (Å²) in [4.78, 5) is 2.33.